The minimum atomic E-state index is -2.34. The van der Waals surface area contributed by atoms with E-state index in [9.17, 15) is 0 Å². The van der Waals surface area contributed by atoms with E-state index in [1.54, 1.807) is 72.0 Å². The van der Waals surface area contributed by atoms with E-state index in [2.05, 4.69) is 208 Å². The van der Waals surface area contributed by atoms with Crippen LogP contribution in [0.2, 0.25) is 0 Å². The number of hydrogen-bond acceptors (Lipinski definition) is 4. The van der Waals surface area contributed by atoms with Gasteiger partial charge in [0, 0.05) is 82.8 Å². The molecule has 8 aromatic heterocycles. The molecule has 21 rings (SSSR count). The molecule has 0 aliphatic heterocycles. The number of aromatic nitrogens is 4. The van der Waals surface area contributed by atoms with Gasteiger partial charge in [-0.25, -0.2) is 0 Å². The van der Waals surface area contributed by atoms with Gasteiger partial charge in [0.25, 0.3) is 22.8 Å². The average molecular weight is 1460 g/mol. The van der Waals surface area contributed by atoms with E-state index < -0.39 is 27.4 Å². The molecule has 0 saturated carbocycles. The zero-order valence-corrected chi connectivity index (χ0v) is 63.1. The van der Waals surface area contributed by atoms with Crippen molar-refractivity contribution in [1.29, 1.82) is 0 Å². The van der Waals surface area contributed by atoms with Crippen LogP contribution in [0.5, 0.6) is 0 Å². The lowest BCUT2D eigenvalue weighted by atomic mass is 9.98. The number of hydrogen-bond donors (Lipinski definition) is 0. The topological polar surface area (TPSA) is 68.1 Å². The quantitative estimate of drug-likeness (QED) is 0.161. The van der Waals surface area contributed by atoms with Crippen LogP contribution in [0.1, 0.15) is 66.5 Å². The van der Waals surface area contributed by atoms with Crippen molar-refractivity contribution in [2.24, 2.45) is 28.2 Å². The van der Waals surface area contributed by atoms with E-state index in [0.717, 1.165) is 93.7 Å². The molecular formula is C103H86N4O4+4. The third-order valence-corrected chi connectivity index (χ3v) is 22.0. The van der Waals surface area contributed by atoms with Gasteiger partial charge in [-0.3, -0.25) is 0 Å². The van der Waals surface area contributed by atoms with Gasteiger partial charge in [-0.2, -0.15) is 18.3 Å². The molecule has 0 saturated heterocycles. The molecule has 0 amide bonds. The summed E-state index contributed by atoms with van der Waals surface area (Å²) < 4.78 is 129. The predicted octanol–water partition coefficient (Wildman–Crippen LogP) is 25.4. The Kier molecular flexibility index (Phi) is 14.2. The van der Waals surface area contributed by atoms with Gasteiger partial charge in [-0.05, 0) is 193 Å². The Balaban J connectivity index is 0.000000112. The molecule has 0 N–H and O–H groups in total. The lowest BCUT2D eigenvalue weighted by Crippen LogP contribution is -2.31. The summed E-state index contributed by atoms with van der Waals surface area (Å²) in [7, 11) is 7.73. The maximum atomic E-state index is 8.20. The number of aryl methyl sites for hydroxylation is 13. The highest BCUT2D eigenvalue weighted by Gasteiger charge is 2.30. The highest BCUT2D eigenvalue weighted by Crippen LogP contribution is 2.45. The Morgan fingerprint density at radius 1 is 0.243 bits per heavy atom. The largest absolute Gasteiger partial charge is 0.449 e. The Labute approximate surface area is 662 Å². The molecule has 0 spiro atoms. The highest BCUT2D eigenvalue weighted by molar-refractivity contribution is 6.24. The summed E-state index contributed by atoms with van der Waals surface area (Å²) in [5.41, 5.74) is 22.3. The van der Waals surface area contributed by atoms with Crippen LogP contribution in [0.4, 0.5) is 0 Å². The van der Waals surface area contributed by atoms with Gasteiger partial charge in [-0.1, -0.05) is 211 Å². The molecule has 111 heavy (non-hydrogen) atoms. The van der Waals surface area contributed by atoms with Gasteiger partial charge < -0.3 is 17.7 Å². The van der Waals surface area contributed by atoms with E-state index in [1.807, 2.05) is 86.6 Å². The molecule has 0 aliphatic rings. The van der Waals surface area contributed by atoms with Gasteiger partial charge in [0.2, 0.25) is 22.3 Å². The van der Waals surface area contributed by atoms with Gasteiger partial charge in [0.15, 0.2) is 24.8 Å². The smallest absolute Gasteiger partial charge is 0.256 e. The van der Waals surface area contributed by atoms with Crippen LogP contribution in [-0.4, -0.2) is 0 Å². The molecule has 538 valence electrons. The molecule has 21 aromatic rings. The number of benzene rings is 13. The van der Waals surface area contributed by atoms with Crippen molar-refractivity contribution >= 4 is 131 Å². The van der Waals surface area contributed by atoms with E-state index >= 15 is 0 Å². The van der Waals surface area contributed by atoms with Crippen molar-refractivity contribution in [2.75, 3.05) is 0 Å². The number of fused-ring (bicyclic) bond motifs is 20. The molecule has 0 fully saturated rings. The number of pyridine rings is 4. The molecule has 0 aliphatic carbocycles. The van der Waals surface area contributed by atoms with Gasteiger partial charge in [0.05, 0.1) is 22.3 Å². The van der Waals surface area contributed by atoms with Gasteiger partial charge >= 0.3 is 0 Å². The summed E-state index contributed by atoms with van der Waals surface area (Å²) in [6.07, 6.45) is 7.54. The van der Waals surface area contributed by atoms with Gasteiger partial charge in [0.1, 0.15) is 50.5 Å². The van der Waals surface area contributed by atoms with E-state index in [-0.39, 0.29) is 22.3 Å². The van der Waals surface area contributed by atoms with Crippen LogP contribution < -0.4 is 18.3 Å². The Morgan fingerprint density at radius 3 is 1.10 bits per heavy atom. The summed E-state index contributed by atoms with van der Waals surface area (Å²) >= 11 is 0. The lowest BCUT2D eigenvalue weighted by molar-refractivity contribution is -0.659. The van der Waals surface area contributed by atoms with Crippen LogP contribution in [-0.2, 0) is 28.2 Å². The van der Waals surface area contributed by atoms with Crippen LogP contribution >= 0.6 is 0 Å². The second kappa shape index (κ2) is 27.7. The second-order valence-corrected chi connectivity index (χ2v) is 29.3. The molecular weight excluding hydrogens is 1360 g/mol. The number of furan rings is 4. The molecule has 8 heteroatoms. The molecule has 0 bridgehead atoms. The fourth-order valence-corrected chi connectivity index (χ4v) is 16.7. The van der Waals surface area contributed by atoms with Crippen LogP contribution in [0, 0.1) is 62.0 Å². The van der Waals surface area contributed by atoms with Crippen molar-refractivity contribution in [3.8, 4) is 56.2 Å². The normalized spacial score (nSPS) is 13.7. The predicted molar refractivity (Wildman–Crippen MR) is 459 cm³/mol. The second-order valence-electron chi connectivity index (χ2n) is 29.3. The fourth-order valence-electron chi connectivity index (χ4n) is 16.7. The SMILES string of the molecule is Cc1ccc2c(ccc3oc4c(-c5ccccc5C)[n+](C)ccc4c32)c1.Cc1ccccc1-c1c2oc3ccc4cc(-c5ccccc5)ccc4c3c2cc[n+]1C.[2H]C([2H])([2H])c1ccc(-c2c3oc4ccc5ccccc5c4c3c(C([2H])([2H])[2H])c[n+]2C)c(C)c1.[2H]C([2H])([2H])c1ccc(-c2c3oc4ccc5ccccc5c4c3c(C([2H])([2H])[2H])c[n+]2C)c(C)c1. The Bertz CT molecular complexity index is 7650. The Morgan fingerprint density at radius 2 is 0.631 bits per heavy atom. The number of nitrogens with zero attached hydrogens (tertiary/aromatic N) is 4. The first-order chi connectivity index (χ1) is 58.8. The van der Waals surface area contributed by atoms with E-state index in [0.29, 0.717) is 44.5 Å². The third-order valence-electron chi connectivity index (χ3n) is 22.0. The van der Waals surface area contributed by atoms with Crippen LogP contribution in [0.25, 0.3) is 187 Å². The first-order valence-electron chi connectivity index (χ1n) is 43.2. The zero-order valence-electron chi connectivity index (χ0n) is 75.1. The molecule has 8 heterocycles. The minimum absolute atomic E-state index is 0.218. The molecule has 0 atom stereocenters. The average Bonchev–Trinajstić information content (AvgIpc) is 1.61. The maximum absolute atomic E-state index is 8.20. The summed E-state index contributed by atoms with van der Waals surface area (Å²) in [4.78, 5) is 0. The molecule has 13 aromatic carbocycles. The van der Waals surface area contributed by atoms with Crippen molar-refractivity contribution in [3.05, 3.63) is 336 Å². The first-order valence-corrected chi connectivity index (χ1v) is 37.2. The maximum Gasteiger partial charge on any atom is 0.256 e. The molecule has 0 unspecified atom stereocenters. The van der Waals surface area contributed by atoms with E-state index in [4.69, 9.17) is 34.1 Å². The van der Waals surface area contributed by atoms with Crippen molar-refractivity contribution in [2.45, 2.75) is 62.0 Å². The van der Waals surface area contributed by atoms with Crippen molar-refractivity contribution in [1.82, 2.24) is 0 Å². The van der Waals surface area contributed by atoms with Crippen molar-refractivity contribution in [3.63, 3.8) is 0 Å². The lowest BCUT2D eigenvalue weighted by Gasteiger charge is -2.07. The van der Waals surface area contributed by atoms with Crippen molar-refractivity contribution < 1.29 is 52.4 Å². The molecule has 0 radical (unpaired) electrons. The zero-order chi connectivity index (χ0) is 86.2. The minimum Gasteiger partial charge on any atom is -0.449 e. The summed E-state index contributed by atoms with van der Waals surface area (Å²) in [5, 5.41) is 16.2. The molecule has 8 nitrogen and oxygen atoms in total. The third kappa shape index (κ3) is 12.0. The first kappa shape index (κ1) is 56.9. The van der Waals surface area contributed by atoms with Crippen LogP contribution in [0.15, 0.2) is 303 Å². The van der Waals surface area contributed by atoms with E-state index in [1.165, 1.54) is 76.6 Å². The fraction of sp³-hybridized carbons (Fsp3) is 0.126. The highest BCUT2D eigenvalue weighted by atomic mass is 16.3. The summed E-state index contributed by atoms with van der Waals surface area (Å²) in [5.74, 6) is 0. The summed E-state index contributed by atoms with van der Waals surface area (Å²) in [6.45, 7) is 1.04. The van der Waals surface area contributed by atoms with Gasteiger partial charge in [-0.15, -0.1) is 0 Å². The number of rotatable bonds is 5. The Hall–Kier alpha value is -13.3. The standard InChI is InChI=1S/C29H22NO.2C25H22NO.C24H20NO/c1-19-8-6-7-11-23(19)28-29-25(16-17-30(28)2)27-24-14-12-21(20-9-4-3-5-10-20)18-22(24)13-15-26(27)31-29;2*1-15-9-11-19(16(2)13-15)24-25-22(17(3)14-26(24)4)23-20-8-6-5-7-18(20)10-12-21(23)27-25;1-15-8-10-19-17(14-15)9-11-21-22(19)20-12-13-25(3)23(24(20)26-21)18-7-5-4-6-16(18)2/h3-18H,1-2H3;2*5-14H,1-4H3;4-14H,1-3H3/q4*+1/i;2*1D3,3D3;. The summed E-state index contributed by atoms with van der Waals surface area (Å²) in [6, 6.07) is 87.1. The monoisotopic (exact) mass is 1450 g/mol. The van der Waals surface area contributed by atoms with Crippen LogP contribution in [0.3, 0.4) is 0 Å².